The van der Waals surface area contributed by atoms with Crippen LogP contribution in [0, 0.1) is 23.6 Å². The zero-order chi connectivity index (χ0) is 12.1. The standard InChI is InChI=1S/C14H14FNO/c15-13-6-3-11(4-7-13)5-8-14(17)12-2-1-9-16-10-12/h3-4,6-7,12,16H,1-2,9-10H2. The lowest BCUT2D eigenvalue weighted by Crippen LogP contribution is -2.33. The molecule has 1 N–H and O–H groups in total. The molecule has 0 aliphatic carbocycles. The van der Waals surface area contributed by atoms with E-state index in [-0.39, 0.29) is 17.5 Å². The zero-order valence-electron chi connectivity index (χ0n) is 9.50. The number of rotatable bonds is 1. The summed E-state index contributed by atoms with van der Waals surface area (Å²) in [5.74, 6) is 5.10. The summed E-state index contributed by atoms with van der Waals surface area (Å²) >= 11 is 0. The topological polar surface area (TPSA) is 29.1 Å². The summed E-state index contributed by atoms with van der Waals surface area (Å²) in [5, 5.41) is 3.18. The molecule has 0 saturated carbocycles. The van der Waals surface area contributed by atoms with Crippen molar-refractivity contribution < 1.29 is 9.18 Å². The van der Waals surface area contributed by atoms with Gasteiger partial charge in [0, 0.05) is 18.0 Å². The lowest BCUT2D eigenvalue weighted by atomic mass is 9.95. The van der Waals surface area contributed by atoms with Crippen LogP contribution in [0.1, 0.15) is 18.4 Å². The summed E-state index contributed by atoms with van der Waals surface area (Å²) in [6.45, 7) is 1.70. The molecule has 0 aromatic heterocycles. The van der Waals surface area contributed by atoms with Gasteiger partial charge in [-0.2, -0.15) is 0 Å². The second kappa shape index (κ2) is 5.60. The molecule has 2 rings (SSSR count). The SMILES string of the molecule is O=C(C#Cc1ccc(F)cc1)C1CCCNC1. The van der Waals surface area contributed by atoms with Crippen molar-refractivity contribution in [3.8, 4) is 11.8 Å². The first kappa shape index (κ1) is 11.8. The summed E-state index contributed by atoms with van der Waals surface area (Å²) in [6.07, 6.45) is 1.93. The van der Waals surface area contributed by atoms with Crippen molar-refractivity contribution >= 4 is 5.78 Å². The van der Waals surface area contributed by atoms with Crippen LogP contribution in [-0.2, 0) is 4.79 Å². The first-order valence-corrected chi connectivity index (χ1v) is 5.78. The monoisotopic (exact) mass is 231 g/mol. The van der Waals surface area contributed by atoms with Gasteiger partial charge in [-0.3, -0.25) is 4.79 Å². The fourth-order valence-electron chi connectivity index (χ4n) is 1.84. The van der Waals surface area contributed by atoms with Crippen molar-refractivity contribution in [1.29, 1.82) is 0 Å². The van der Waals surface area contributed by atoms with Crippen molar-refractivity contribution in [3.63, 3.8) is 0 Å². The summed E-state index contributed by atoms with van der Waals surface area (Å²) in [4.78, 5) is 11.8. The highest BCUT2D eigenvalue weighted by molar-refractivity contribution is 5.98. The van der Waals surface area contributed by atoms with E-state index in [2.05, 4.69) is 17.2 Å². The van der Waals surface area contributed by atoms with E-state index >= 15 is 0 Å². The molecule has 0 spiro atoms. The molecule has 88 valence electrons. The second-order valence-corrected chi connectivity index (χ2v) is 4.16. The molecule has 3 heteroatoms. The Morgan fingerprint density at radius 2 is 2.12 bits per heavy atom. The quantitative estimate of drug-likeness (QED) is 0.746. The Morgan fingerprint density at radius 1 is 1.35 bits per heavy atom. The van der Waals surface area contributed by atoms with Gasteiger partial charge in [-0.15, -0.1) is 0 Å². The third-order valence-electron chi connectivity index (χ3n) is 2.84. The molecule has 1 aliphatic heterocycles. The Balaban J connectivity index is 2.00. The second-order valence-electron chi connectivity index (χ2n) is 4.16. The lowest BCUT2D eigenvalue weighted by molar-refractivity contribution is -0.117. The minimum absolute atomic E-state index is 0.0108. The maximum Gasteiger partial charge on any atom is 0.210 e. The molecular formula is C14H14FNO. The number of carbonyl (C=O) groups is 1. The van der Waals surface area contributed by atoms with E-state index < -0.39 is 0 Å². The van der Waals surface area contributed by atoms with E-state index in [0.29, 0.717) is 5.56 Å². The van der Waals surface area contributed by atoms with Crippen LogP contribution in [0.25, 0.3) is 0 Å². The molecular weight excluding hydrogens is 217 g/mol. The minimum Gasteiger partial charge on any atom is -0.316 e. The van der Waals surface area contributed by atoms with E-state index in [1.165, 1.54) is 12.1 Å². The number of Topliss-reactive ketones (excluding diaryl/α,β-unsaturated/α-hetero) is 1. The molecule has 0 bridgehead atoms. The van der Waals surface area contributed by atoms with Gasteiger partial charge in [-0.1, -0.05) is 5.92 Å². The molecule has 17 heavy (non-hydrogen) atoms. The number of ketones is 1. The van der Waals surface area contributed by atoms with E-state index in [0.717, 1.165) is 25.9 Å². The van der Waals surface area contributed by atoms with Crippen LogP contribution in [0.5, 0.6) is 0 Å². The Kier molecular flexibility index (Phi) is 3.89. The van der Waals surface area contributed by atoms with Crippen LogP contribution in [0.4, 0.5) is 4.39 Å². The van der Waals surface area contributed by atoms with Crippen LogP contribution in [0.15, 0.2) is 24.3 Å². The van der Waals surface area contributed by atoms with Gasteiger partial charge in [-0.05, 0) is 49.6 Å². The van der Waals surface area contributed by atoms with Gasteiger partial charge >= 0.3 is 0 Å². The predicted molar refractivity (Wildman–Crippen MR) is 63.9 cm³/mol. The number of carbonyl (C=O) groups excluding carboxylic acids is 1. The summed E-state index contributed by atoms with van der Waals surface area (Å²) < 4.78 is 12.7. The average Bonchev–Trinajstić information content (AvgIpc) is 2.39. The number of hydrogen-bond donors (Lipinski definition) is 1. The number of nitrogens with one attached hydrogen (secondary N) is 1. The molecule has 0 amide bonds. The first-order chi connectivity index (χ1) is 8.25. The Labute approximate surface area is 100 Å². The first-order valence-electron chi connectivity index (χ1n) is 5.78. The van der Waals surface area contributed by atoms with Crippen LogP contribution < -0.4 is 5.32 Å². The Bertz CT molecular complexity index is 449. The minimum atomic E-state index is -0.293. The molecule has 1 fully saturated rings. The van der Waals surface area contributed by atoms with Gasteiger partial charge in [-0.25, -0.2) is 4.39 Å². The van der Waals surface area contributed by atoms with Crippen molar-refractivity contribution in [2.75, 3.05) is 13.1 Å². The molecule has 1 saturated heterocycles. The van der Waals surface area contributed by atoms with Crippen LogP contribution in [0.3, 0.4) is 0 Å². The van der Waals surface area contributed by atoms with Crippen molar-refractivity contribution in [1.82, 2.24) is 5.32 Å². The molecule has 1 atom stereocenters. The summed E-state index contributed by atoms with van der Waals surface area (Å²) in [5.41, 5.74) is 0.670. The predicted octanol–water partition coefficient (Wildman–Crippen LogP) is 1.75. The molecule has 1 heterocycles. The fourth-order valence-corrected chi connectivity index (χ4v) is 1.84. The molecule has 2 nitrogen and oxygen atoms in total. The van der Waals surface area contributed by atoms with Crippen LogP contribution in [0.2, 0.25) is 0 Å². The summed E-state index contributed by atoms with van der Waals surface area (Å²) in [6, 6.07) is 5.84. The van der Waals surface area contributed by atoms with E-state index in [4.69, 9.17) is 0 Å². The van der Waals surface area contributed by atoms with E-state index in [1.54, 1.807) is 12.1 Å². The fraction of sp³-hybridized carbons (Fsp3) is 0.357. The molecule has 1 aliphatic rings. The number of halogens is 1. The Hall–Kier alpha value is -1.66. The van der Waals surface area contributed by atoms with Gasteiger partial charge in [0.15, 0.2) is 0 Å². The zero-order valence-corrected chi connectivity index (χ0v) is 9.50. The maximum atomic E-state index is 12.7. The summed E-state index contributed by atoms with van der Waals surface area (Å²) in [7, 11) is 0. The molecule has 0 radical (unpaired) electrons. The van der Waals surface area contributed by atoms with Gasteiger partial charge in [0.05, 0.1) is 0 Å². The van der Waals surface area contributed by atoms with Crippen LogP contribution in [-0.4, -0.2) is 18.9 Å². The van der Waals surface area contributed by atoms with Crippen molar-refractivity contribution in [2.24, 2.45) is 5.92 Å². The average molecular weight is 231 g/mol. The van der Waals surface area contributed by atoms with Gasteiger partial charge in [0.2, 0.25) is 5.78 Å². The molecule has 1 unspecified atom stereocenters. The van der Waals surface area contributed by atoms with Gasteiger partial charge in [0.25, 0.3) is 0 Å². The third kappa shape index (κ3) is 3.40. The molecule has 1 aromatic carbocycles. The normalized spacial score (nSPS) is 19.2. The number of hydrogen-bond acceptors (Lipinski definition) is 2. The maximum absolute atomic E-state index is 12.7. The number of benzene rings is 1. The third-order valence-corrected chi connectivity index (χ3v) is 2.84. The van der Waals surface area contributed by atoms with E-state index in [1.807, 2.05) is 0 Å². The lowest BCUT2D eigenvalue weighted by Gasteiger charge is -2.18. The highest BCUT2D eigenvalue weighted by atomic mass is 19.1. The highest BCUT2D eigenvalue weighted by Crippen LogP contribution is 2.10. The van der Waals surface area contributed by atoms with Crippen molar-refractivity contribution in [2.45, 2.75) is 12.8 Å². The van der Waals surface area contributed by atoms with Crippen molar-refractivity contribution in [3.05, 3.63) is 35.6 Å². The van der Waals surface area contributed by atoms with Crippen LogP contribution >= 0.6 is 0 Å². The van der Waals surface area contributed by atoms with Gasteiger partial charge < -0.3 is 5.32 Å². The highest BCUT2D eigenvalue weighted by Gasteiger charge is 2.18. The van der Waals surface area contributed by atoms with Gasteiger partial charge in [0.1, 0.15) is 5.82 Å². The van der Waals surface area contributed by atoms with E-state index in [9.17, 15) is 9.18 Å². The largest absolute Gasteiger partial charge is 0.316 e. The smallest absolute Gasteiger partial charge is 0.210 e. The molecule has 1 aromatic rings. The number of piperidine rings is 1. The Morgan fingerprint density at radius 3 is 2.76 bits per heavy atom.